The van der Waals surface area contributed by atoms with Crippen LogP contribution in [0.5, 0.6) is 0 Å². The Balaban J connectivity index is 1.78. The molecule has 0 aromatic heterocycles. The van der Waals surface area contributed by atoms with Gasteiger partial charge in [-0.3, -0.25) is 4.18 Å². The summed E-state index contributed by atoms with van der Waals surface area (Å²) in [7, 11) is -8.38. The van der Waals surface area contributed by atoms with Gasteiger partial charge in [-0.2, -0.15) is 8.42 Å². The fraction of sp³-hybridized carbons (Fsp3) is 0.278. The van der Waals surface area contributed by atoms with Crippen LogP contribution < -0.4 is 15.6 Å². The minimum Gasteiger partial charge on any atom is -0.404 e. The van der Waals surface area contributed by atoms with Crippen molar-refractivity contribution < 1.29 is 21.2 Å². The van der Waals surface area contributed by atoms with Gasteiger partial charge >= 0.3 is 0 Å². The van der Waals surface area contributed by atoms with Crippen LogP contribution in [0.2, 0.25) is 0 Å². The van der Waals surface area contributed by atoms with Gasteiger partial charge in [-0.05, 0) is 47.0 Å². The van der Waals surface area contributed by atoms with E-state index in [2.05, 4.69) is 36.4 Å². The second-order valence-electron chi connectivity index (χ2n) is 11.1. The zero-order valence-corrected chi connectivity index (χ0v) is 28.5. The van der Waals surface area contributed by atoms with Gasteiger partial charge in [-0.15, -0.1) is 0 Å². The average molecular weight is 647 g/mol. The second kappa shape index (κ2) is 15.7. The SMILES string of the molecule is CCCCC(OS(C)(=O)=O)/C(=C\[C@@H](C)CO[Si](c1ccccc1)(c1ccccc1)c1ccccc1)S(=O)c1ccc(C)cc1. The molecule has 0 aliphatic rings. The standard InChI is InChI=1S/C36H42O5S2Si/c1-5-6-22-35(41-43(4,38)39)36(42(37)31-25-23-29(2)24-26-31)27-30(3)28-40-44(32-16-10-7-11-17-32,33-18-12-8-13-19-33)34-20-14-9-15-21-34/h7-21,23-27,30,35H,5-6,22,28H2,1-4H3/b36-27+/t30-,35?,42?/m1/s1. The van der Waals surface area contributed by atoms with E-state index >= 15 is 0 Å². The van der Waals surface area contributed by atoms with E-state index < -0.39 is 35.3 Å². The zero-order valence-electron chi connectivity index (χ0n) is 25.9. The molecule has 0 N–H and O–H groups in total. The quantitative estimate of drug-likeness (QED) is 0.0923. The maximum atomic E-state index is 14.1. The van der Waals surface area contributed by atoms with E-state index in [4.69, 9.17) is 8.61 Å². The van der Waals surface area contributed by atoms with Crippen molar-refractivity contribution in [2.45, 2.75) is 51.0 Å². The van der Waals surface area contributed by atoms with Crippen molar-refractivity contribution in [2.75, 3.05) is 12.9 Å². The lowest BCUT2D eigenvalue weighted by atomic mass is 10.1. The molecule has 0 amide bonds. The van der Waals surface area contributed by atoms with Gasteiger partial charge in [0.1, 0.15) is 6.10 Å². The summed E-state index contributed by atoms with van der Waals surface area (Å²) in [6.07, 6.45) is 4.14. The van der Waals surface area contributed by atoms with E-state index in [-0.39, 0.29) is 5.92 Å². The van der Waals surface area contributed by atoms with Crippen LogP contribution in [0.25, 0.3) is 0 Å². The summed E-state index contributed by atoms with van der Waals surface area (Å²) >= 11 is 0. The number of benzene rings is 4. The molecule has 0 heterocycles. The van der Waals surface area contributed by atoms with Gasteiger partial charge in [-0.25, -0.2) is 4.21 Å². The molecule has 0 radical (unpaired) electrons. The molecule has 0 fully saturated rings. The Bertz CT molecular complexity index is 1530. The van der Waals surface area contributed by atoms with Crippen molar-refractivity contribution in [3.63, 3.8) is 0 Å². The second-order valence-corrected chi connectivity index (χ2v) is 17.6. The van der Waals surface area contributed by atoms with Crippen molar-refractivity contribution in [1.29, 1.82) is 0 Å². The van der Waals surface area contributed by atoms with Crippen LogP contribution in [0.4, 0.5) is 0 Å². The van der Waals surface area contributed by atoms with Crippen LogP contribution >= 0.6 is 0 Å². The maximum absolute atomic E-state index is 14.1. The van der Waals surface area contributed by atoms with Crippen molar-refractivity contribution in [1.82, 2.24) is 0 Å². The Labute approximate surface area is 266 Å². The van der Waals surface area contributed by atoms with Crippen LogP contribution in [0.3, 0.4) is 0 Å². The zero-order chi connectivity index (χ0) is 31.6. The number of aryl methyl sites for hydroxylation is 1. The van der Waals surface area contributed by atoms with E-state index in [1.54, 1.807) is 0 Å². The highest BCUT2D eigenvalue weighted by atomic mass is 32.2. The topological polar surface area (TPSA) is 69.7 Å². The fourth-order valence-corrected chi connectivity index (χ4v) is 11.4. The Morgan fingerprint density at radius 2 is 1.30 bits per heavy atom. The first-order valence-electron chi connectivity index (χ1n) is 15.0. The Morgan fingerprint density at radius 3 is 1.73 bits per heavy atom. The third-order valence-electron chi connectivity index (χ3n) is 7.43. The summed E-state index contributed by atoms with van der Waals surface area (Å²) in [5.74, 6) is -0.199. The molecule has 44 heavy (non-hydrogen) atoms. The minimum absolute atomic E-state index is 0.199. The molecular formula is C36H42O5S2Si. The number of unbranched alkanes of at least 4 members (excludes halogenated alkanes) is 1. The van der Waals surface area contributed by atoms with E-state index in [0.717, 1.165) is 40.2 Å². The molecule has 232 valence electrons. The molecule has 0 aliphatic carbocycles. The van der Waals surface area contributed by atoms with E-state index in [1.165, 1.54) is 0 Å². The largest absolute Gasteiger partial charge is 0.404 e. The summed E-state index contributed by atoms with van der Waals surface area (Å²) in [6.45, 7) is 6.36. The molecular weight excluding hydrogens is 605 g/mol. The van der Waals surface area contributed by atoms with Gasteiger partial charge in [0.2, 0.25) is 0 Å². The van der Waals surface area contributed by atoms with Crippen molar-refractivity contribution in [3.05, 3.63) is 132 Å². The molecule has 3 atom stereocenters. The molecule has 5 nitrogen and oxygen atoms in total. The molecule has 0 spiro atoms. The van der Waals surface area contributed by atoms with Gasteiger partial charge in [-0.1, -0.05) is 141 Å². The molecule has 0 saturated carbocycles. The summed E-state index contributed by atoms with van der Waals surface area (Å²) in [6, 6.07) is 38.5. The van der Waals surface area contributed by atoms with Gasteiger partial charge in [0.25, 0.3) is 18.4 Å². The molecule has 4 aromatic rings. The molecule has 4 aromatic carbocycles. The number of hydrogen-bond acceptors (Lipinski definition) is 5. The highest BCUT2D eigenvalue weighted by molar-refractivity contribution is 7.89. The predicted molar refractivity (Wildman–Crippen MR) is 184 cm³/mol. The molecule has 0 aliphatic heterocycles. The maximum Gasteiger partial charge on any atom is 0.288 e. The van der Waals surface area contributed by atoms with Gasteiger partial charge in [0, 0.05) is 16.4 Å². The van der Waals surface area contributed by atoms with Crippen LogP contribution in [0.15, 0.2) is 131 Å². The monoisotopic (exact) mass is 646 g/mol. The molecule has 8 heteroatoms. The van der Waals surface area contributed by atoms with Crippen LogP contribution in [0, 0.1) is 12.8 Å². The summed E-state index contributed by atoms with van der Waals surface area (Å²) < 4.78 is 51.6. The van der Waals surface area contributed by atoms with Crippen LogP contribution in [-0.2, 0) is 29.5 Å². The third kappa shape index (κ3) is 8.73. The van der Waals surface area contributed by atoms with Crippen LogP contribution in [0.1, 0.15) is 38.7 Å². The highest BCUT2D eigenvalue weighted by Gasteiger charge is 2.42. The van der Waals surface area contributed by atoms with Gasteiger partial charge < -0.3 is 4.43 Å². The average Bonchev–Trinajstić information content (AvgIpc) is 3.03. The van der Waals surface area contributed by atoms with Crippen molar-refractivity contribution in [3.8, 4) is 0 Å². The van der Waals surface area contributed by atoms with Crippen LogP contribution in [-0.4, -0.2) is 39.9 Å². The van der Waals surface area contributed by atoms with Gasteiger partial charge in [0.15, 0.2) is 0 Å². The first-order chi connectivity index (χ1) is 21.1. The Hall–Kier alpha value is -3.14. The molecule has 2 unspecified atom stereocenters. The van der Waals surface area contributed by atoms with E-state index in [0.29, 0.717) is 22.8 Å². The molecule has 0 bridgehead atoms. The highest BCUT2D eigenvalue weighted by Crippen LogP contribution is 2.27. The molecule has 4 rings (SSSR count). The summed E-state index contributed by atoms with van der Waals surface area (Å²) in [4.78, 5) is 1.06. The van der Waals surface area contributed by atoms with Gasteiger partial charge in [0.05, 0.1) is 17.1 Å². The Kier molecular flexibility index (Phi) is 12.1. The molecule has 0 saturated heterocycles. The first-order valence-corrected chi connectivity index (χ1v) is 19.9. The first kappa shape index (κ1) is 33.7. The lowest BCUT2D eigenvalue weighted by Crippen LogP contribution is -2.69. The number of hydrogen-bond donors (Lipinski definition) is 0. The summed E-state index contributed by atoms with van der Waals surface area (Å²) in [5, 5.41) is 3.37. The summed E-state index contributed by atoms with van der Waals surface area (Å²) in [5.41, 5.74) is 1.05. The lowest BCUT2D eigenvalue weighted by Gasteiger charge is -2.34. The minimum atomic E-state index is -3.80. The Morgan fingerprint density at radius 1 is 0.818 bits per heavy atom. The van der Waals surface area contributed by atoms with E-state index in [1.807, 2.05) is 106 Å². The fourth-order valence-electron chi connectivity index (χ4n) is 5.28. The lowest BCUT2D eigenvalue weighted by molar-refractivity contribution is 0.237. The van der Waals surface area contributed by atoms with E-state index in [9.17, 15) is 12.6 Å². The normalized spacial score (nSPS) is 14.6. The van der Waals surface area contributed by atoms with Crippen molar-refractivity contribution >= 4 is 44.8 Å². The number of rotatable bonds is 15. The third-order valence-corrected chi connectivity index (χ3v) is 13.6. The smallest absolute Gasteiger partial charge is 0.288 e. The van der Waals surface area contributed by atoms with Crippen molar-refractivity contribution in [2.24, 2.45) is 5.92 Å². The predicted octanol–water partition coefficient (Wildman–Crippen LogP) is 5.84.